The molecule has 0 aliphatic heterocycles. The second-order valence-corrected chi connectivity index (χ2v) is 1.93. The zero-order valence-electron chi connectivity index (χ0n) is 5.83. The average Bonchev–Trinajstić information content (AvgIpc) is 1.85. The Bertz CT molecular complexity index is 192. The lowest BCUT2D eigenvalue weighted by molar-refractivity contribution is 0.325. The van der Waals surface area contributed by atoms with Crippen molar-refractivity contribution in [3.05, 3.63) is 35.9 Å². The molecule has 56 valence electrons. The van der Waals surface area contributed by atoms with Crippen LogP contribution in [0.15, 0.2) is 35.9 Å². The Morgan fingerprint density at radius 1 is 1.40 bits per heavy atom. The van der Waals surface area contributed by atoms with Crippen molar-refractivity contribution in [1.29, 1.82) is 0 Å². The zero-order valence-corrected chi connectivity index (χ0v) is 5.83. The summed E-state index contributed by atoms with van der Waals surface area (Å²) in [6.07, 6.45) is 2.23. The summed E-state index contributed by atoms with van der Waals surface area (Å²) < 4.78 is 0. The quantitative estimate of drug-likeness (QED) is 0.402. The fourth-order valence-corrected chi connectivity index (χ4v) is 0.393. The number of allylic oxidation sites excluding steroid dienone is 2. The van der Waals surface area contributed by atoms with Crippen LogP contribution in [0, 0.1) is 0 Å². The number of rotatable bonds is 2. The Kier molecular flexibility index (Phi) is 3.11. The predicted octanol–water partition coefficient (Wildman–Crippen LogP) is 1.36. The highest BCUT2D eigenvalue weighted by Crippen LogP contribution is 2.03. The monoisotopic (exact) mass is 141 g/mol. The molecule has 0 saturated carbocycles. The molecule has 4 N–H and O–H groups in total. The van der Waals surface area contributed by atoms with Crippen LogP contribution in [0.4, 0.5) is 0 Å². The standard InChI is InChI=1S/C7H11NO2/c1-5(2)3-6(9)7(10)4-8/h3-4,9-10H,1,8H2,2H3/b6-3+,7-4+. The summed E-state index contributed by atoms with van der Waals surface area (Å²) in [6, 6.07) is 0. The highest BCUT2D eigenvalue weighted by Gasteiger charge is 1.96. The topological polar surface area (TPSA) is 66.5 Å². The molecule has 0 radical (unpaired) electrons. The minimum atomic E-state index is -0.344. The van der Waals surface area contributed by atoms with Gasteiger partial charge in [-0.15, -0.1) is 0 Å². The summed E-state index contributed by atoms with van der Waals surface area (Å²) in [5.41, 5.74) is 5.55. The SMILES string of the molecule is C=C(C)/C=C(O)\C(O)=C/N. The molecule has 10 heavy (non-hydrogen) atoms. The molecular formula is C7H11NO2. The third kappa shape index (κ3) is 2.81. The summed E-state index contributed by atoms with van der Waals surface area (Å²) in [5, 5.41) is 17.6. The Hall–Kier alpha value is -1.38. The molecule has 0 unspecified atom stereocenters. The molecule has 0 aromatic rings. The minimum absolute atomic E-state index is 0.269. The molecule has 0 atom stereocenters. The van der Waals surface area contributed by atoms with E-state index in [0.29, 0.717) is 5.57 Å². The van der Waals surface area contributed by atoms with Crippen molar-refractivity contribution in [3.8, 4) is 0 Å². The van der Waals surface area contributed by atoms with E-state index in [9.17, 15) is 0 Å². The van der Waals surface area contributed by atoms with E-state index in [0.717, 1.165) is 6.20 Å². The highest BCUT2D eigenvalue weighted by molar-refractivity contribution is 5.25. The fourth-order valence-electron chi connectivity index (χ4n) is 0.393. The van der Waals surface area contributed by atoms with Gasteiger partial charge in [0, 0.05) is 6.20 Å². The fraction of sp³-hybridized carbons (Fsp3) is 0.143. The molecule has 0 aliphatic carbocycles. The van der Waals surface area contributed by atoms with Crippen LogP contribution in [0.25, 0.3) is 0 Å². The Morgan fingerprint density at radius 2 is 1.90 bits per heavy atom. The smallest absolute Gasteiger partial charge is 0.173 e. The first kappa shape index (κ1) is 8.62. The van der Waals surface area contributed by atoms with Crippen LogP contribution in [-0.4, -0.2) is 10.2 Å². The molecule has 0 aromatic heterocycles. The molecule has 3 nitrogen and oxygen atoms in total. The summed E-state index contributed by atoms with van der Waals surface area (Å²) in [7, 11) is 0. The van der Waals surface area contributed by atoms with Crippen molar-refractivity contribution >= 4 is 0 Å². The van der Waals surface area contributed by atoms with Crippen LogP contribution in [0.2, 0.25) is 0 Å². The van der Waals surface area contributed by atoms with E-state index in [4.69, 9.17) is 15.9 Å². The van der Waals surface area contributed by atoms with Gasteiger partial charge in [0.25, 0.3) is 0 Å². The van der Waals surface area contributed by atoms with E-state index in [1.807, 2.05) is 0 Å². The van der Waals surface area contributed by atoms with Crippen LogP contribution >= 0.6 is 0 Å². The molecule has 0 bridgehead atoms. The van der Waals surface area contributed by atoms with Gasteiger partial charge in [0.1, 0.15) is 0 Å². The van der Waals surface area contributed by atoms with E-state index in [-0.39, 0.29) is 11.5 Å². The molecular weight excluding hydrogens is 130 g/mol. The highest BCUT2D eigenvalue weighted by atomic mass is 16.3. The van der Waals surface area contributed by atoms with Crippen LogP contribution in [0.1, 0.15) is 6.92 Å². The van der Waals surface area contributed by atoms with E-state index in [1.165, 1.54) is 6.08 Å². The number of aliphatic hydroxyl groups excluding tert-OH is 2. The number of nitrogens with two attached hydrogens (primary N) is 1. The van der Waals surface area contributed by atoms with Gasteiger partial charge in [0.05, 0.1) is 0 Å². The molecule has 0 aromatic carbocycles. The van der Waals surface area contributed by atoms with Crippen LogP contribution in [-0.2, 0) is 0 Å². The van der Waals surface area contributed by atoms with Gasteiger partial charge in [-0.25, -0.2) is 0 Å². The zero-order chi connectivity index (χ0) is 8.15. The molecule has 0 amide bonds. The first-order valence-electron chi connectivity index (χ1n) is 2.75. The van der Waals surface area contributed by atoms with Gasteiger partial charge in [0.2, 0.25) is 0 Å². The van der Waals surface area contributed by atoms with Gasteiger partial charge >= 0.3 is 0 Å². The lowest BCUT2D eigenvalue weighted by Crippen LogP contribution is -1.91. The second kappa shape index (κ2) is 3.61. The summed E-state index contributed by atoms with van der Waals surface area (Å²) >= 11 is 0. The molecule has 0 rings (SSSR count). The third-order valence-electron chi connectivity index (χ3n) is 0.803. The van der Waals surface area contributed by atoms with Crippen LogP contribution < -0.4 is 5.73 Å². The molecule has 0 aliphatic rings. The predicted molar refractivity (Wildman–Crippen MR) is 40.4 cm³/mol. The molecule has 0 spiro atoms. The van der Waals surface area contributed by atoms with Crippen LogP contribution in [0.3, 0.4) is 0 Å². The third-order valence-corrected chi connectivity index (χ3v) is 0.803. The summed E-state index contributed by atoms with van der Waals surface area (Å²) in [4.78, 5) is 0. The average molecular weight is 141 g/mol. The Balaban J connectivity index is 4.35. The van der Waals surface area contributed by atoms with E-state index in [1.54, 1.807) is 6.92 Å². The van der Waals surface area contributed by atoms with Gasteiger partial charge in [-0.1, -0.05) is 12.2 Å². The Labute approximate surface area is 59.8 Å². The number of hydrogen-bond acceptors (Lipinski definition) is 3. The van der Waals surface area contributed by atoms with Crippen molar-refractivity contribution in [3.63, 3.8) is 0 Å². The van der Waals surface area contributed by atoms with Crippen molar-refractivity contribution in [2.45, 2.75) is 6.92 Å². The first-order valence-corrected chi connectivity index (χ1v) is 2.75. The lowest BCUT2D eigenvalue weighted by Gasteiger charge is -1.95. The van der Waals surface area contributed by atoms with E-state index < -0.39 is 0 Å². The number of aliphatic hydroxyl groups is 2. The van der Waals surface area contributed by atoms with Crippen molar-refractivity contribution in [2.24, 2.45) is 5.73 Å². The summed E-state index contributed by atoms with van der Waals surface area (Å²) in [5.74, 6) is -0.613. The first-order chi connectivity index (χ1) is 4.57. The van der Waals surface area contributed by atoms with Gasteiger partial charge < -0.3 is 15.9 Å². The maximum atomic E-state index is 8.89. The van der Waals surface area contributed by atoms with E-state index in [2.05, 4.69) is 6.58 Å². The lowest BCUT2D eigenvalue weighted by atomic mass is 10.3. The largest absolute Gasteiger partial charge is 0.504 e. The second-order valence-electron chi connectivity index (χ2n) is 1.93. The number of hydrogen-bond donors (Lipinski definition) is 3. The minimum Gasteiger partial charge on any atom is -0.504 e. The van der Waals surface area contributed by atoms with Gasteiger partial charge in [0.15, 0.2) is 11.5 Å². The molecule has 0 heterocycles. The van der Waals surface area contributed by atoms with E-state index >= 15 is 0 Å². The van der Waals surface area contributed by atoms with Crippen LogP contribution in [0.5, 0.6) is 0 Å². The molecule has 3 heteroatoms. The normalized spacial score (nSPS) is 13.3. The molecule has 0 fully saturated rings. The summed E-state index contributed by atoms with van der Waals surface area (Å²) in [6.45, 7) is 5.19. The maximum Gasteiger partial charge on any atom is 0.173 e. The maximum absolute atomic E-state index is 8.89. The Morgan fingerprint density at radius 3 is 2.20 bits per heavy atom. The van der Waals surface area contributed by atoms with Gasteiger partial charge in [-0.05, 0) is 13.0 Å². The van der Waals surface area contributed by atoms with Gasteiger partial charge in [-0.2, -0.15) is 0 Å². The van der Waals surface area contributed by atoms with Crippen molar-refractivity contribution in [2.75, 3.05) is 0 Å². The van der Waals surface area contributed by atoms with Crippen molar-refractivity contribution in [1.82, 2.24) is 0 Å². The molecule has 0 saturated heterocycles. The van der Waals surface area contributed by atoms with Crippen molar-refractivity contribution < 1.29 is 10.2 Å². The van der Waals surface area contributed by atoms with Gasteiger partial charge in [-0.3, -0.25) is 0 Å².